The molecule has 1 aromatic heterocycles. The minimum absolute atomic E-state index is 0.168. The Balaban J connectivity index is 1.64. The van der Waals surface area contributed by atoms with Crippen molar-refractivity contribution in [3.8, 4) is 0 Å². The summed E-state index contributed by atoms with van der Waals surface area (Å²) in [5.41, 5.74) is 2.03. The van der Waals surface area contributed by atoms with E-state index in [1.54, 1.807) is 12.5 Å². The van der Waals surface area contributed by atoms with Crippen LogP contribution in [0.25, 0.3) is 0 Å². The van der Waals surface area contributed by atoms with Gasteiger partial charge in [0.25, 0.3) is 0 Å². The molecule has 3 rings (SSSR count). The Kier molecular flexibility index (Phi) is 4.68. The van der Waals surface area contributed by atoms with Crippen molar-refractivity contribution in [2.45, 2.75) is 25.2 Å². The highest BCUT2D eigenvalue weighted by Gasteiger charge is 2.25. The maximum atomic E-state index is 12.5. The molecule has 1 fully saturated rings. The van der Waals surface area contributed by atoms with E-state index in [0.29, 0.717) is 17.4 Å². The highest BCUT2D eigenvalue weighted by Crippen LogP contribution is 2.25. The van der Waals surface area contributed by atoms with Gasteiger partial charge >= 0.3 is 0 Å². The highest BCUT2D eigenvalue weighted by atomic mass is 35.5. The standard InChI is InChI=1S/C17H18ClN3O/c18-15-5-3-13(4-6-15)10-17(22)21-9-1-2-14(11-21)16-7-8-19-12-20-16/h3-8,12,14H,1-2,9-11H2. The normalized spacial score (nSPS) is 18.2. The summed E-state index contributed by atoms with van der Waals surface area (Å²) in [5.74, 6) is 0.479. The average Bonchev–Trinajstić information content (AvgIpc) is 2.58. The monoisotopic (exact) mass is 315 g/mol. The highest BCUT2D eigenvalue weighted by molar-refractivity contribution is 6.30. The summed E-state index contributed by atoms with van der Waals surface area (Å²) in [6.07, 6.45) is 5.84. The molecule has 114 valence electrons. The van der Waals surface area contributed by atoms with Gasteiger partial charge in [-0.15, -0.1) is 0 Å². The molecule has 1 aromatic carbocycles. The van der Waals surface area contributed by atoms with Gasteiger partial charge in [-0.05, 0) is 36.6 Å². The number of amides is 1. The Morgan fingerprint density at radius 3 is 2.82 bits per heavy atom. The summed E-state index contributed by atoms with van der Waals surface area (Å²) in [7, 11) is 0. The van der Waals surface area contributed by atoms with Crippen molar-refractivity contribution in [2.75, 3.05) is 13.1 Å². The molecule has 1 atom stereocenters. The van der Waals surface area contributed by atoms with Gasteiger partial charge in [-0.25, -0.2) is 9.97 Å². The number of piperidine rings is 1. The van der Waals surface area contributed by atoms with Gasteiger partial charge in [-0.1, -0.05) is 23.7 Å². The lowest BCUT2D eigenvalue weighted by Crippen LogP contribution is -2.40. The van der Waals surface area contributed by atoms with Crippen molar-refractivity contribution in [1.29, 1.82) is 0 Å². The third-order valence-electron chi connectivity index (χ3n) is 4.07. The molecule has 1 aliphatic heterocycles. The molecular formula is C17H18ClN3O. The number of rotatable bonds is 3. The van der Waals surface area contributed by atoms with E-state index in [-0.39, 0.29) is 5.91 Å². The second kappa shape index (κ2) is 6.88. The molecule has 4 nitrogen and oxygen atoms in total. The van der Waals surface area contributed by atoms with Crippen LogP contribution in [0.3, 0.4) is 0 Å². The fourth-order valence-corrected chi connectivity index (χ4v) is 3.00. The molecule has 0 N–H and O–H groups in total. The molecule has 1 amide bonds. The zero-order valence-corrected chi connectivity index (χ0v) is 13.0. The SMILES string of the molecule is O=C(Cc1ccc(Cl)cc1)N1CCCC(c2ccncn2)C1. The van der Waals surface area contributed by atoms with E-state index in [2.05, 4.69) is 9.97 Å². The topological polar surface area (TPSA) is 46.1 Å². The van der Waals surface area contributed by atoms with E-state index in [0.717, 1.165) is 37.2 Å². The van der Waals surface area contributed by atoms with Gasteiger partial charge in [0, 0.05) is 35.9 Å². The Morgan fingerprint density at radius 2 is 2.09 bits per heavy atom. The van der Waals surface area contributed by atoms with Gasteiger partial charge < -0.3 is 4.90 Å². The molecule has 0 radical (unpaired) electrons. The summed E-state index contributed by atoms with van der Waals surface area (Å²) in [6.45, 7) is 1.57. The van der Waals surface area contributed by atoms with Crippen molar-refractivity contribution in [3.05, 3.63) is 59.1 Å². The number of nitrogens with zero attached hydrogens (tertiary/aromatic N) is 3. The van der Waals surface area contributed by atoms with Crippen LogP contribution in [0.2, 0.25) is 5.02 Å². The molecule has 0 bridgehead atoms. The van der Waals surface area contributed by atoms with E-state index < -0.39 is 0 Å². The van der Waals surface area contributed by atoms with Gasteiger partial charge in [-0.3, -0.25) is 4.79 Å². The summed E-state index contributed by atoms with van der Waals surface area (Å²) >= 11 is 5.88. The smallest absolute Gasteiger partial charge is 0.227 e. The van der Waals surface area contributed by atoms with Crippen LogP contribution in [0.5, 0.6) is 0 Å². The van der Waals surface area contributed by atoms with Gasteiger partial charge in [0.05, 0.1) is 6.42 Å². The van der Waals surface area contributed by atoms with Crippen molar-refractivity contribution in [3.63, 3.8) is 0 Å². The van der Waals surface area contributed by atoms with Gasteiger partial charge in [-0.2, -0.15) is 0 Å². The van der Waals surface area contributed by atoms with Crippen LogP contribution in [0.15, 0.2) is 42.9 Å². The van der Waals surface area contributed by atoms with Crippen LogP contribution in [0.4, 0.5) is 0 Å². The molecular weight excluding hydrogens is 298 g/mol. The second-order valence-electron chi connectivity index (χ2n) is 5.62. The van der Waals surface area contributed by atoms with E-state index >= 15 is 0 Å². The first-order chi connectivity index (χ1) is 10.7. The summed E-state index contributed by atoms with van der Waals surface area (Å²) in [4.78, 5) is 22.7. The molecule has 2 aromatic rings. The maximum absolute atomic E-state index is 12.5. The Labute approximate surface area is 135 Å². The van der Waals surface area contributed by atoms with Gasteiger partial charge in [0.15, 0.2) is 0 Å². The Hall–Kier alpha value is -1.94. The number of carbonyl (C=O) groups excluding carboxylic acids is 1. The zero-order chi connectivity index (χ0) is 15.4. The van der Waals surface area contributed by atoms with E-state index in [9.17, 15) is 4.79 Å². The van der Waals surface area contributed by atoms with Crippen LogP contribution in [0, 0.1) is 0 Å². The number of carbonyl (C=O) groups is 1. The third-order valence-corrected chi connectivity index (χ3v) is 4.32. The lowest BCUT2D eigenvalue weighted by Gasteiger charge is -2.32. The Bertz CT molecular complexity index is 630. The first kappa shape index (κ1) is 15.0. The first-order valence-electron chi connectivity index (χ1n) is 7.50. The number of hydrogen-bond acceptors (Lipinski definition) is 3. The van der Waals surface area contributed by atoms with Gasteiger partial charge in [0.2, 0.25) is 5.91 Å². The fraction of sp³-hybridized carbons (Fsp3) is 0.353. The van der Waals surface area contributed by atoms with Crippen LogP contribution in [0.1, 0.15) is 30.0 Å². The predicted octanol–water partition coefficient (Wildman–Crippen LogP) is 3.08. The lowest BCUT2D eigenvalue weighted by molar-refractivity contribution is -0.131. The number of likely N-dealkylation sites (tertiary alicyclic amines) is 1. The molecule has 0 saturated carbocycles. The number of halogens is 1. The van der Waals surface area contributed by atoms with Crippen molar-refractivity contribution in [2.24, 2.45) is 0 Å². The van der Waals surface area contributed by atoms with Crippen LogP contribution in [-0.2, 0) is 11.2 Å². The average molecular weight is 316 g/mol. The number of hydrogen-bond donors (Lipinski definition) is 0. The minimum Gasteiger partial charge on any atom is -0.342 e. The van der Waals surface area contributed by atoms with E-state index in [1.165, 1.54) is 0 Å². The van der Waals surface area contributed by atoms with Crippen molar-refractivity contribution < 1.29 is 4.79 Å². The van der Waals surface area contributed by atoms with Crippen LogP contribution in [-0.4, -0.2) is 33.9 Å². The third kappa shape index (κ3) is 3.63. The molecule has 2 heterocycles. The fourth-order valence-electron chi connectivity index (χ4n) is 2.88. The maximum Gasteiger partial charge on any atom is 0.227 e. The number of benzene rings is 1. The zero-order valence-electron chi connectivity index (χ0n) is 12.3. The summed E-state index contributed by atoms with van der Waals surface area (Å²) < 4.78 is 0. The van der Waals surface area contributed by atoms with E-state index in [4.69, 9.17) is 11.6 Å². The second-order valence-corrected chi connectivity index (χ2v) is 6.05. The molecule has 0 spiro atoms. The van der Waals surface area contributed by atoms with Crippen molar-refractivity contribution in [1.82, 2.24) is 14.9 Å². The number of aromatic nitrogens is 2. The Morgan fingerprint density at radius 1 is 1.27 bits per heavy atom. The van der Waals surface area contributed by atoms with Crippen molar-refractivity contribution >= 4 is 17.5 Å². The summed E-state index contributed by atoms with van der Waals surface area (Å²) in [5, 5.41) is 0.693. The van der Waals surface area contributed by atoms with E-state index in [1.807, 2.05) is 35.2 Å². The quantitative estimate of drug-likeness (QED) is 0.874. The van der Waals surface area contributed by atoms with Crippen LogP contribution < -0.4 is 0 Å². The molecule has 22 heavy (non-hydrogen) atoms. The molecule has 0 aliphatic carbocycles. The molecule has 5 heteroatoms. The predicted molar refractivity (Wildman–Crippen MR) is 85.7 cm³/mol. The molecule has 1 aliphatic rings. The molecule has 1 saturated heterocycles. The van der Waals surface area contributed by atoms with Gasteiger partial charge in [0.1, 0.15) is 6.33 Å². The summed E-state index contributed by atoms with van der Waals surface area (Å²) in [6, 6.07) is 9.41. The molecule has 1 unspecified atom stereocenters. The van der Waals surface area contributed by atoms with Crippen LogP contribution >= 0.6 is 11.6 Å². The lowest BCUT2D eigenvalue weighted by atomic mass is 9.94. The first-order valence-corrected chi connectivity index (χ1v) is 7.88. The minimum atomic E-state index is 0.168. The largest absolute Gasteiger partial charge is 0.342 e.